The molecule has 0 saturated carbocycles. The van der Waals surface area contributed by atoms with Crippen LogP contribution in [0.3, 0.4) is 0 Å². The van der Waals surface area contributed by atoms with E-state index in [-0.39, 0.29) is 18.7 Å². The molecule has 0 aliphatic carbocycles. The van der Waals surface area contributed by atoms with Crippen molar-refractivity contribution < 1.29 is 71.4 Å². The normalized spacial score (nSPS) is 20.3. The van der Waals surface area contributed by atoms with Crippen LogP contribution in [0.2, 0.25) is 0 Å². The number of hydrogen-bond acceptors (Lipinski definition) is 16. The molecule has 1 fully saturated rings. The number of allylic oxidation sites excluding steroid dienone is 12. The summed E-state index contributed by atoms with van der Waals surface area (Å²) in [7, 11) is -10.9. The van der Waals surface area contributed by atoms with Crippen molar-refractivity contribution in [2.75, 3.05) is 25.6 Å². The average molecular weight is 1040 g/mol. The zero-order chi connectivity index (χ0) is 52.2. The molecular formula is C50H79N3O16P2. The maximum Gasteiger partial charge on any atom is 0.481 e. The summed E-state index contributed by atoms with van der Waals surface area (Å²) >= 11 is 0. The van der Waals surface area contributed by atoms with Crippen molar-refractivity contribution in [1.29, 1.82) is 0 Å². The molecule has 1 aliphatic rings. The number of nitrogens with two attached hydrogens (primary N) is 1. The van der Waals surface area contributed by atoms with Gasteiger partial charge in [-0.1, -0.05) is 137 Å². The van der Waals surface area contributed by atoms with Gasteiger partial charge in [-0.25, -0.2) is 13.9 Å². The summed E-state index contributed by atoms with van der Waals surface area (Å²) in [5.41, 5.74) is 4.57. The second kappa shape index (κ2) is 37.6. The van der Waals surface area contributed by atoms with E-state index in [1.807, 2.05) is 36.5 Å². The predicted octanol–water partition coefficient (Wildman–Crippen LogP) is 8.86. The standard InChI is InChI=1S/C50H79N3O16P2/c1-3-5-7-9-11-12-13-14-15-16-17-18-23-27-31-35-46(56)67-42(38-64-45(55)34-30-26-22-20-19-21-25-29-33-41(54)32-28-24-10-8-6-4-2)39-65-70(60,61)69-71(62,63)66-40-43-47(57)48(58)49(68-43)53-37-36-44(51)52-50(53)59/h6,8,12-15,20-22,24-25,28-29,33,36-37,41-43,47-49,54,57-58H,3-5,7,9-11,16-19,23,26-27,30-32,34-35,38-40H2,1-2H3,(H,60,61)(H,62,63)(H2,51,52,59)/b8-6-,13-12-,15-14-,22-20-,25-21-,28-24-,33-29+/t41?,42-,43-,47-,48-,49-/m1/s1. The molecule has 1 saturated heterocycles. The summed E-state index contributed by atoms with van der Waals surface area (Å²) in [5.74, 6) is -1.44. The van der Waals surface area contributed by atoms with Crippen LogP contribution in [-0.2, 0) is 46.3 Å². The Hall–Kier alpha value is -4.10. The third-order valence-electron chi connectivity index (χ3n) is 10.6. The number of ether oxygens (including phenoxy) is 3. The number of esters is 2. The Kier molecular flexibility index (Phi) is 33.4. The maximum absolute atomic E-state index is 12.8. The fraction of sp³-hybridized carbons (Fsp3) is 0.600. The second-order valence-corrected chi connectivity index (χ2v) is 19.9. The number of carbonyl (C=O) groups excluding carboxylic acids is 2. The highest BCUT2D eigenvalue weighted by atomic mass is 31.3. The molecule has 7 N–H and O–H groups in total. The van der Waals surface area contributed by atoms with Crippen molar-refractivity contribution in [3.05, 3.63) is 108 Å². The van der Waals surface area contributed by atoms with Crippen LogP contribution in [0.15, 0.2) is 102 Å². The van der Waals surface area contributed by atoms with Gasteiger partial charge in [-0.15, -0.1) is 0 Å². The first-order valence-electron chi connectivity index (χ1n) is 24.7. The predicted molar refractivity (Wildman–Crippen MR) is 271 cm³/mol. The van der Waals surface area contributed by atoms with Gasteiger partial charge in [0.25, 0.3) is 0 Å². The summed E-state index contributed by atoms with van der Waals surface area (Å²) in [6, 6.07) is 1.24. The molecule has 2 heterocycles. The fourth-order valence-corrected chi connectivity index (χ4v) is 8.83. The quantitative estimate of drug-likeness (QED) is 0.0118. The lowest BCUT2D eigenvalue weighted by atomic mass is 10.1. The minimum atomic E-state index is -5.45. The van der Waals surface area contributed by atoms with Gasteiger partial charge >= 0.3 is 33.3 Å². The Balaban J connectivity index is 1.86. The molecule has 0 amide bonds. The van der Waals surface area contributed by atoms with Gasteiger partial charge in [0, 0.05) is 19.0 Å². The molecule has 71 heavy (non-hydrogen) atoms. The van der Waals surface area contributed by atoms with Crippen LogP contribution in [0.5, 0.6) is 0 Å². The molecule has 0 spiro atoms. The molecule has 0 radical (unpaired) electrons. The van der Waals surface area contributed by atoms with E-state index >= 15 is 0 Å². The number of nitrogens with zero attached hydrogens (tertiary/aromatic N) is 2. The number of hydrogen-bond donors (Lipinski definition) is 6. The lowest BCUT2D eigenvalue weighted by Crippen LogP contribution is -2.36. The van der Waals surface area contributed by atoms with Crippen LogP contribution >= 0.6 is 15.6 Å². The van der Waals surface area contributed by atoms with Crippen molar-refractivity contribution in [2.45, 2.75) is 173 Å². The minimum absolute atomic E-state index is 0.00325. The fourth-order valence-electron chi connectivity index (χ4n) is 6.72. The molecule has 400 valence electrons. The summed E-state index contributed by atoms with van der Waals surface area (Å²) in [6.45, 7) is 1.85. The number of carbonyl (C=O) groups is 2. The van der Waals surface area contributed by atoms with Crippen molar-refractivity contribution >= 4 is 33.4 Å². The molecule has 19 nitrogen and oxygen atoms in total. The highest BCUT2D eigenvalue weighted by Gasteiger charge is 2.46. The molecule has 2 rings (SSSR count). The van der Waals surface area contributed by atoms with Crippen molar-refractivity contribution in [3.8, 4) is 0 Å². The number of aromatic nitrogens is 2. The van der Waals surface area contributed by atoms with Crippen molar-refractivity contribution in [2.24, 2.45) is 0 Å². The number of phosphoric acid groups is 2. The van der Waals surface area contributed by atoms with E-state index in [9.17, 15) is 48.6 Å². The highest BCUT2D eigenvalue weighted by Crippen LogP contribution is 2.60. The van der Waals surface area contributed by atoms with Gasteiger partial charge in [-0.3, -0.25) is 23.2 Å². The van der Waals surface area contributed by atoms with Crippen LogP contribution < -0.4 is 11.4 Å². The molecular weight excluding hydrogens is 961 g/mol. The Morgan fingerprint density at radius 2 is 1.38 bits per heavy atom. The largest absolute Gasteiger partial charge is 0.481 e. The van der Waals surface area contributed by atoms with Gasteiger partial charge < -0.3 is 45.1 Å². The van der Waals surface area contributed by atoms with Gasteiger partial charge in [0.1, 0.15) is 30.7 Å². The lowest BCUT2D eigenvalue weighted by Gasteiger charge is -2.21. The molecule has 0 aromatic carbocycles. The van der Waals surface area contributed by atoms with Gasteiger partial charge in [-0.05, 0) is 76.7 Å². The number of anilines is 1. The first-order chi connectivity index (χ1) is 34.1. The van der Waals surface area contributed by atoms with Crippen LogP contribution in [0.25, 0.3) is 0 Å². The molecule has 3 unspecified atom stereocenters. The molecule has 0 bridgehead atoms. The van der Waals surface area contributed by atoms with Crippen molar-refractivity contribution in [3.63, 3.8) is 0 Å². The summed E-state index contributed by atoms with van der Waals surface area (Å²) in [5, 5.41) is 31.0. The van der Waals surface area contributed by atoms with Gasteiger partial charge in [0.2, 0.25) is 0 Å². The topological polar surface area (TPSA) is 286 Å². The molecule has 1 aliphatic heterocycles. The first kappa shape index (κ1) is 63.0. The van der Waals surface area contributed by atoms with Crippen LogP contribution in [0.4, 0.5) is 5.82 Å². The van der Waals surface area contributed by atoms with E-state index < -0.39 is 89.8 Å². The van der Waals surface area contributed by atoms with Gasteiger partial charge in [0.05, 0.1) is 19.3 Å². The van der Waals surface area contributed by atoms with Crippen LogP contribution in [-0.4, -0.2) is 96.9 Å². The molecule has 1 aromatic rings. The molecule has 21 heteroatoms. The number of unbranched alkanes of at least 4 members (excludes halogenated alkanes) is 10. The van der Waals surface area contributed by atoms with E-state index in [2.05, 4.69) is 59.6 Å². The number of aliphatic hydroxyl groups excluding tert-OH is 3. The van der Waals surface area contributed by atoms with Crippen LogP contribution in [0, 0.1) is 0 Å². The van der Waals surface area contributed by atoms with Gasteiger partial charge in [-0.2, -0.15) is 9.29 Å². The summed E-state index contributed by atoms with van der Waals surface area (Å²) < 4.78 is 56.6. The zero-order valence-corrected chi connectivity index (χ0v) is 43.1. The zero-order valence-electron chi connectivity index (χ0n) is 41.4. The number of phosphoric ester groups is 2. The highest BCUT2D eigenvalue weighted by molar-refractivity contribution is 7.61. The third kappa shape index (κ3) is 30.5. The van der Waals surface area contributed by atoms with E-state index in [0.29, 0.717) is 32.1 Å². The van der Waals surface area contributed by atoms with Crippen molar-refractivity contribution in [1.82, 2.24) is 9.55 Å². The first-order valence-corrected chi connectivity index (χ1v) is 27.7. The van der Waals surface area contributed by atoms with E-state index in [1.165, 1.54) is 31.7 Å². The van der Waals surface area contributed by atoms with E-state index in [0.717, 1.165) is 62.1 Å². The Morgan fingerprint density at radius 1 is 0.761 bits per heavy atom. The number of nitrogen functional groups attached to an aromatic ring is 1. The summed E-state index contributed by atoms with van der Waals surface area (Å²) in [6.07, 6.45) is 35.6. The van der Waals surface area contributed by atoms with Gasteiger partial charge in [0.15, 0.2) is 12.3 Å². The summed E-state index contributed by atoms with van der Waals surface area (Å²) in [4.78, 5) is 61.8. The SMILES string of the molecule is CC/C=C\C/C=C\CC(O)/C=C/C=C\C/C=C\CCCC(=O)OC[C@H](COP(=O)(O)OP(=O)(O)OC[C@H]1O[C@@H](n2ccc(N)nc2=O)[C@H](O)[C@@H]1O)OC(=O)CCCCCCC/C=C\C=C/CCCCCC. The lowest BCUT2D eigenvalue weighted by molar-refractivity contribution is -0.161. The smallest absolute Gasteiger partial charge is 0.462 e. The Morgan fingerprint density at radius 3 is 2.10 bits per heavy atom. The van der Waals surface area contributed by atoms with E-state index in [4.69, 9.17) is 29.0 Å². The van der Waals surface area contributed by atoms with E-state index in [1.54, 1.807) is 12.2 Å². The molecule has 1 aromatic heterocycles. The van der Waals surface area contributed by atoms with Crippen LogP contribution in [0.1, 0.15) is 142 Å². The Bertz CT molecular complexity index is 2040. The minimum Gasteiger partial charge on any atom is -0.462 e. The maximum atomic E-state index is 12.8. The Labute approximate surface area is 419 Å². The number of aliphatic hydroxyl groups is 3. The number of rotatable bonds is 39. The monoisotopic (exact) mass is 1040 g/mol. The molecule has 8 atom stereocenters. The second-order valence-electron chi connectivity index (χ2n) is 16.8. The third-order valence-corrected chi connectivity index (χ3v) is 13.2. The average Bonchev–Trinajstić information content (AvgIpc) is 3.60.